The summed E-state index contributed by atoms with van der Waals surface area (Å²) in [5.74, 6) is -0.711. The van der Waals surface area contributed by atoms with E-state index in [2.05, 4.69) is 65.7 Å². The van der Waals surface area contributed by atoms with Gasteiger partial charge in [-0.2, -0.15) is 5.26 Å². The van der Waals surface area contributed by atoms with Crippen LogP contribution in [0.1, 0.15) is 90.7 Å². The van der Waals surface area contributed by atoms with E-state index in [0.29, 0.717) is 6.61 Å². The number of hydrogen-bond donors (Lipinski definition) is 1. The third-order valence-electron chi connectivity index (χ3n) is 10.5. The number of Topliss-reactive ketones (excluding diaryl/α,β-unsaturated/α-hetero) is 1. The number of ketones is 1. The number of aromatic nitrogens is 2. The Morgan fingerprint density at radius 2 is 1.53 bits per heavy atom. The van der Waals surface area contributed by atoms with Crippen LogP contribution in [0.15, 0.2) is 70.4 Å². The Morgan fingerprint density at radius 1 is 0.850 bits per heavy atom. The number of carbonyl (C=O) groups excluding carboxylic acids is 2. The lowest BCUT2D eigenvalue weighted by Crippen LogP contribution is -2.43. The Labute approximate surface area is 353 Å². The van der Waals surface area contributed by atoms with Gasteiger partial charge in [-0.3, -0.25) is 19.1 Å². The third-order valence-corrected chi connectivity index (χ3v) is 12.7. The van der Waals surface area contributed by atoms with Gasteiger partial charge in [0.1, 0.15) is 24.6 Å². The van der Waals surface area contributed by atoms with Crippen molar-refractivity contribution in [1.82, 2.24) is 14.2 Å². The molecule has 60 heavy (non-hydrogen) atoms. The summed E-state index contributed by atoms with van der Waals surface area (Å²) in [6, 6.07) is 21.9. The Balaban J connectivity index is 1.20. The van der Waals surface area contributed by atoms with Crippen LogP contribution >= 0.6 is 8.53 Å². The molecule has 5 aromatic rings. The molecule has 0 spiro atoms. The molecular formula is C46H59N4O9P. The molecule has 0 saturated carbocycles. The van der Waals surface area contributed by atoms with E-state index in [-0.39, 0.29) is 69.1 Å². The van der Waals surface area contributed by atoms with Crippen LogP contribution < -0.4 is 11.2 Å². The number of ether oxygens (including phenoxy) is 3. The molecule has 0 amide bonds. The summed E-state index contributed by atoms with van der Waals surface area (Å²) in [6.45, 7) is 9.65. The molecule has 4 aromatic carbocycles. The number of methoxy groups -OCH3 is 1. The Kier molecular flexibility index (Phi) is 17.7. The fourth-order valence-electron chi connectivity index (χ4n) is 7.54. The van der Waals surface area contributed by atoms with Crippen LogP contribution in [0.25, 0.3) is 32.3 Å². The number of esters is 1. The lowest BCUT2D eigenvalue weighted by atomic mass is 9.90. The normalized spacial score (nSPS) is 13.5. The lowest BCUT2D eigenvalue weighted by molar-refractivity contribution is -0.150. The molecule has 0 radical (unpaired) electrons. The molecule has 0 fully saturated rings. The van der Waals surface area contributed by atoms with Crippen molar-refractivity contribution >= 4 is 52.6 Å². The number of H-pyrrole nitrogens is 1. The Bertz CT molecular complexity index is 2310. The van der Waals surface area contributed by atoms with Gasteiger partial charge in [-0.15, -0.1) is 0 Å². The average molecular weight is 843 g/mol. The van der Waals surface area contributed by atoms with Crippen LogP contribution in [-0.2, 0) is 52.4 Å². The maximum absolute atomic E-state index is 13.2. The zero-order valence-corrected chi connectivity index (χ0v) is 36.6. The molecule has 0 saturated heterocycles. The van der Waals surface area contributed by atoms with Crippen molar-refractivity contribution in [3.63, 3.8) is 0 Å². The first-order valence-corrected chi connectivity index (χ1v) is 22.0. The van der Waals surface area contributed by atoms with Crippen molar-refractivity contribution in [1.29, 1.82) is 5.26 Å². The molecule has 322 valence electrons. The van der Waals surface area contributed by atoms with Gasteiger partial charge in [-0.05, 0) is 91.8 Å². The van der Waals surface area contributed by atoms with Crippen molar-refractivity contribution in [3.8, 4) is 6.07 Å². The minimum atomic E-state index is -1.80. The van der Waals surface area contributed by atoms with Crippen LogP contribution in [-0.4, -0.2) is 77.2 Å². The van der Waals surface area contributed by atoms with E-state index >= 15 is 0 Å². The molecule has 0 aliphatic rings. The van der Waals surface area contributed by atoms with Crippen molar-refractivity contribution in [3.05, 3.63) is 92.8 Å². The predicted molar refractivity (Wildman–Crippen MR) is 235 cm³/mol. The van der Waals surface area contributed by atoms with Gasteiger partial charge in [-0.1, -0.05) is 67.4 Å². The summed E-state index contributed by atoms with van der Waals surface area (Å²) in [5.41, 5.74) is 0.430. The zero-order valence-electron chi connectivity index (χ0n) is 35.7. The van der Waals surface area contributed by atoms with Gasteiger partial charge in [0.25, 0.3) is 14.1 Å². The smallest absolute Gasteiger partial charge is 0.328 e. The molecule has 0 aliphatic heterocycles. The molecule has 14 heteroatoms. The number of unbranched alkanes of at least 4 members (excludes halogenated alkanes) is 3. The maximum atomic E-state index is 13.2. The van der Waals surface area contributed by atoms with E-state index < -0.39 is 38.0 Å². The van der Waals surface area contributed by atoms with Crippen molar-refractivity contribution in [2.45, 2.75) is 123 Å². The molecule has 13 nitrogen and oxygen atoms in total. The maximum Gasteiger partial charge on any atom is 0.328 e. The Morgan fingerprint density at radius 3 is 2.22 bits per heavy atom. The first-order chi connectivity index (χ1) is 28.9. The molecule has 1 aromatic heterocycles. The average Bonchev–Trinajstić information content (AvgIpc) is 3.21. The summed E-state index contributed by atoms with van der Waals surface area (Å²) >= 11 is 0. The van der Waals surface area contributed by atoms with Crippen LogP contribution in [0.4, 0.5) is 0 Å². The van der Waals surface area contributed by atoms with Crippen LogP contribution in [0.5, 0.6) is 0 Å². The van der Waals surface area contributed by atoms with Crippen LogP contribution in [0, 0.1) is 11.3 Å². The number of nitrogens with zero attached hydrogens (tertiary/aromatic N) is 3. The Hall–Kier alpha value is -4.54. The summed E-state index contributed by atoms with van der Waals surface area (Å²) in [7, 11) is -0.359. The number of rotatable bonds is 26. The zero-order chi connectivity index (χ0) is 43.2. The number of benzene rings is 4. The second kappa shape index (κ2) is 22.9. The van der Waals surface area contributed by atoms with Gasteiger partial charge < -0.3 is 28.1 Å². The van der Waals surface area contributed by atoms with Gasteiger partial charge in [0.2, 0.25) is 0 Å². The fraction of sp³-hybridized carbons (Fsp3) is 0.500. The standard InChI is InChI=1S/C46H59N4O9P/c1-31(2)50(32(3)4)60(58-26-12-24-47)59-40(41(55-6)30-57-42(52)23-16-33(5)51)28-49-27-38(45(53)48-46(49)54)29-56-25-10-8-7-9-13-34-17-18-37-20-19-35-14-11-15-36-21-22-39(34)44(37)43(35)36/h11,14-15,17-22,27,31-32,40-41H,7-10,12-13,16,23,25-26,28-30H2,1-6H3,(H,48,53,54)/t40-,41+,60?/m0/s1. The minimum Gasteiger partial charge on any atom is -0.463 e. The number of aryl methyl sites for hydroxylation is 1. The van der Waals surface area contributed by atoms with E-state index in [9.17, 15) is 24.4 Å². The number of aromatic amines is 1. The molecule has 1 heterocycles. The topological polar surface area (TPSA) is 162 Å². The molecule has 1 N–H and O–H groups in total. The van der Waals surface area contributed by atoms with E-state index in [0.717, 1.165) is 32.1 Å². The highest BCUT2D eigenvalue weighted by atomic mass is 31.2. The summed E-state index contributed by atoms with van der Waals surface area (Å²) in [4.78, 5) is 52.5. The predicted octanol–water partition coefficient (Wildman–Crippen LogP) is 8.34. The minimum absolute atomic E-state index is 0.00376. The highest BCUT2D eigenvalue weighted by Gasteiger charge is 2.34. The van der Waals surface area contributed by atoms with E-state index in [1.807, 2.05) is 32.4 Å². The number of hydrogen-bond acceptors (Lipinski definition) is 11. The van der Waals surface area contributed by atoms with E-state index in [1.165, 1.54) is 62.7 Å². The van der Waals surface area contributed by atoms with Gasteiger partial charge in [-0.25, -0.2) is 9.46 Å². The van der Waals surface area contributed by atoms with Crippen molar-refractivity contribution < 1.29 is 32.8 Å². The molecule has 1 unspecified atom stereocenters. The first-order valence-electron chi connectivity index (χ1n) is 20.9. The second-order valence-electron chi connectivity index (χ2n) is 15.7. The number of nitrogens with one attached hydrogen (secondary N) is 1. The van der Waals surface area contributed by atoms with Crippen LogP contribution in [0.2, 0.25) is 0 Å². The molecule has 3 atom stereocenters. The lowest BCUT2D eigenvalue weighted by Gasteiger charge is -2.38. The second-order valence-corrected chi connectivity index (χ2v) is 17.1. The van der Waals surface area contributed by atoms with Crippen LogP contribution in [0.3, 0.4) is 0 Å². The largest absolute Gasteiger partial charge is 0.463 e. The van der Waals surface area contributed by atoms with Gasteiger partial charge in [0.15, 0.2) is 0 Å². The third kappa shape index (κ3) is 12.5. The van der Waals surface area contributed by atoms with Crippen molar-refractivity contribution in [2.24, 2.45) is 0 Å². The number of carbonyl (C=O) groups is 2. The monoisotopic (exact) mass is 842 g/mol. The molecule has 0 bridgehead atoms. The highest BCUT2D eigenvalue weighted by molar-refractivity contribution is 7.44. The molecule has 0 aliphatic carbocycles. The summed E-state index contributed by atoms with van der Waals surface area (Å²) in [5, 5.41) is 17.0. The van der Waals surface area contributed by atoms with Crippen molar-refractivity contribution in [2.75, 3.05) is 26.9 Å². The summed E-state index contributed by atoms with van der Waals surface area (Å²) < 4.78 is 33.3. The quantitative estimate of drug-likeness (QED) is 0.0247. The molecule has 5 rings (SSSR count). The SMILES string of the molecule is CO[C@H](COC(=O)CCC(C)=O)[C@H](Cn1cc(COCCCCCCc2ccc3ccc4cccc5ccc2c3c45)c(=O)[nH]c1=O)OP(OCCC#N)N(C(C)C)C(C)C. The summed E-state index contributed by atoms with van der Waals surface area (Å²) in [6.07, 6.45) is 4.66. The number of nitriles is 1. The van der Waals surface area contributed by atoms with Gasteiger partial charge >= 0.3 is 11.7 Å². The van der Waals surface area contributed by atoms with Gasteiger partial charge in [0, 0.05) is 38.4 Å². The highest BCUT2D eigenvalue weighted by Crippen LogP contribution is 2.48. The van der Waals surface area contributed by atoms with Gasteiger partial charge in [0.05, 0.1) is 44.2 Å². The first kappa shape index (κ1) is 46.5. The van der Waals surface area contributed by atoms with E-state index in [1.54, 1.807) is 0 Å². The molecular weight excluding hydrogens is 783 g/mol. The van der Waals surface area contributed by atoms with E-state index in [4.69, 9.17) is 23.3 Å². The fourth-order valence-corrected chi connectivity index (χ4v) is 9.28.